The van der Waals surface area contributed by atoms with Crippen molar-refractivity contribution in [3.63, 3.8) is 0 Å². The van der Waals surface area contributed by atoms with Crippen LogP contribution < -0.4 is 5.73 Å². The van der Waals surface area contributed by atoms with Gasteiger partial charge in [-0.05, 0) is 6.92 Å². The van der Waals surface area contributed by atoms with Gasteiger partial charge in [0.15, 0.2) is 0 Å². The summed E-state index contributed by atoms with van der Waals surface area (Å²) in [5.74, 6) is 0. The maximum absolute atomic E-state index is 11.9. The highest BCUT2D eigenvalue weighted by Gasteiger charge is 2.12. The van der Waals surface area contributed by atoms with E-state index in [4.69, 9.17) is 5.73 Å². The van der Waals surface area contributed by atoms with Crippen LogP contribution in [0.4, 0.5) is 8.78 Å². The molecule has 0 radical (unpaired) electrons. The minimum atomic E-state index is -2.49. The van der Waals surface area contributed by atoms with Crippen LogP contribution in [0, 0.1) is 0 Å². The Labute approximate surface area is 67.1 Å². The van der Waals surface area contributed by atoms with Crippen LogP contribution in [0.25, 0.3) is 0 Å². The molecule has 2 N–H and O–H groups in total. The van der Waals surface area contributed by atoms with E-state index in [9.17, 15) is 8.78 Å². The van der Waals surface area contributed by atoms with Crippen molar-refractivity contribution in [2.45, 2.75) is 19.4 Å². The second kappa shape index (κ2) is 3.23. The summed E-state index contributed by atoms with van der Waals surface area (Å²) in [5, 5.41) is 1.89. The van der Waals surface area contributed by atoms with Gasteiger partial charge in [0.05, 0.1) is 6.04 Å². The molecule has 2 nitrogen and oxygen atoms in total. The number of nitrogens with two attached hydrogens (primary N) is 1. The van der Waals surface area contributed by atoms with Gasteiger partial charge < -0.3 is 5.73 Å². The summed E-state index contributed by atoms with van der Waals surface area (Å²) in [5.41, 5.74) is 5.25. The summed E-state index contributed by atoms with van der Waals surface area (Å²) in [6.07, 6.45) is -2.49. The van der Waals surface area contributed by atoms with Crippen molar-refractivity contribution in [1.82, 2.24) is 4.98 Å². The number of thiazole rings is 1. The topological polar surface area (TPSA) is 38.9 Å². The minimum Gasteiger partial charge on any atom is -0.322 e. The van der Waals surface area contributed by atoms with E-state index in [1.54, 1.807) is 6.92 Å². The molecule has 0 amide bonds. The summed E-state index contributed by atoms with van der Waals surface area (Å²) in [7, 11) is 0. The Balaban J connectivity index is 2.82. The zero-order valence-electron chi connectivity index (χ0n) is 5.92. The Morgan fingerprint density at radius 1 is 1.64 bits per heavy atom. The van der Waals surface area contributed by atoms with Gasteiger partial charge in [-0.2, -0.15) is 0 Å². The SMILES string of the molecule is CC(N)c1nc(C(F)F)cs1. The minimum absolute atomic E-state index is 0.178. The average molecular weight is 178 g/mol. The molecular formula is C6H8F2N2S. The van der Waals surface area contributed by atoms with Gasteiger partial charge in [0.2, 0.25) is 0 Å². The Kier molecular flexibility index (Phi) is 2.51. The normalized spacial score (nSPS) is 13.9. The molecule has 1 heterocycles. The fourth-order valence-electron chi connectivity index (χ4n) is 0.610. The number of nitrogens with zero attached hydrogens (tertiary/aromatic N) is 1. The predicted octanol–water partition coefficient (Wildman–Crippen LogP) is 2.10. The first-order valence-electron chi connectivity index (χ1n) is 3.10. The molecule has 62 valence electrons. The van der Waals surface area contributed by atoms with E-state index < -0.39 is 6.43 Å². The molecule has 1 aromatic heterocycles. The van der Waals surface area contributed by atoms with Crippen molar-refractivity contribution in [3.05, 3.63) is 16.1 Å². The first-order valence-corrected chi connectivity index (χ1v) is 3.98. The van der Waals surface area contributed by atoms with Crippen LogP contribution in [-0.2, 0) is 0 Å². The van der Waals surface area contributed by atoms with E-state index in [2.05, 4.69) is 4.98 Å². The maximum Gasteiger partial charge on any atom is 0.281 e. The number of alkyl halides is 2. The third-order valence-corrected chi connectivity index (χ3v) is 2.22. The molecule has 0 saturated heterocycles. The molecule has 0 aromatic carbocycles. The second-order valence-electron chi connectivity index (χ2n) is 2.20. The summed E-state index contributed by atoms with van der Waals surface area (Å²) in [6, 6.07) is -0.257. The van der Waals surface area contributed by atoms with E-state index in [-0.39, 0.29) is 11.7 Å². The number of aromatic nitrogens is 1. The van der Waals surface area contributed by atoms with Crippen molar-refractivity contribution in [2.75, 3.05) is 0 Å². The Bertz CT molecular complexity index is 212. The van der Waals surface area contributed by atoms with E-state index in [0.29, 0.717) is 5.01 Å². The van der Waals surface area contributed by atoms with Crippen molar-refractivity contribution >= 4 is 11.3 Å². The zero-order chi connectivity index (χ0) is 8.43. The Hall–Kier alpha value is -0.550. The fourth-order valence-corrected chi connectivity index (χ4v) is 1.38. The van der Waals surface area contributed by atoms with Gasteiger partial charge in [-0.3, -0.25) is 0 Å². The van der Waals surface area contributed by atoms with Gasteiger partial charge in [-0.25, -0.2) is 13.8 Å². The monoisotopic (exact) mass is 178 g/mol. The molecule has 0 spiro atoms. The molecule has 0 fully saturated rings. The molecule has 1 unspecified atom stereocenters. The molecule has 0 saturated carbocycles. The van der Waals surface area contributed by atoms with Crippen LogP contribution in [0.2, 0.25) is 0 Å². The highest BCUT2D eigenvalue weighted by Crippen LogP contribution is 2.23. The number of hydrogen-bond acceptors (Lipinski definition) is 3. The van der Waals surface area contributed by atoms with Gasteiger partial charge in [-0.1, -0.05) is 0 Å². The fraction of sp³-hybridized carbons (Fsp3) is 0.500. The molecule has 1 rings (SSSR count). The van der Waals surface area contributed by atoms with Crippen LogP contribution in [0.5, 0.6) is 0 Å². The number of rotatable bonds is 2. The third kappa shape index (κ3) is 1.94. The predicted molar refractivity (Wildman–Crippen MR) is 39.7 cm³/mol. The van der Waals surface area contributed by atoms with Gasteiger partial charge >= 0.3 is 0 Å². The van der Waals surface area contributed by atoms with E-state index in [0.717, 1.165) is 0 Å². The van der Waals surface area contributed by atoms with Crippen LogP contribution in [0.3, 0.4) is 0 Å². The summed E-state index contributed by atoms with van der Waals surface area (Å²) < 4.78 is 23.9. The van der Waals surface area contributed by atoms with E-state index >= 15 is 0 Å². The van der Waals surface area contributed by atoms with Gasteiger partial charge in [0.1, 0.15) is 10.7 Å². The Morgan fingerprint density at radius 3 is 2.55 bits per heavy atom. The average Bonchev–Trinajstić information content (AvgIpc) is 2.33. The zero-order valence-corrected chi connectivity index (χ0v) is 6.74. The Morgan fingerprint density at radius 2 is 2.27 bits per heavy atom. The van der Waals surface area contributed by atoms with Crippen LogP contribution >= 0.6 is 11.3 Å². The lowest BCUT2D eigenvalue weighted by Crippen LogP contribution is -2.04. The molecule has 1 atom stereocenters. The lowest BCUT2D eigenvalue weighted by Gasteiger charge is -1.96. The second-order valence-corrected chi connectivity index (χ2v) is 3.09. The summed E-state index contributed by atoms with van der Waals surface area (Å²) >= 11 is 1.17. The van der Waals surface area contributed by atoms with Gasteiger partial charge in [-0.15, -0.1) is 11.3 Å². The molecule has 0 aliphatic carbocycles. The number of hydrogen-bond donors (Lipinski definition) is 1. The molecule has 0 aliphatic rings. The van der Waals surface area contributed by atoms with Crippen molar-refractivity contribution in [2.24, 2.45) is 5.73 Å². The molecule has 1 aromatic rings. The quantitative estimate of drug-likeness (QED) is 0.753. The molecule has 11 heavy (non-hydrogen) atoms. The third-order valence-electron chi connectivity index (χ3n) is 1.15. The molecular weight excluding hydrogens is 170 g/mol. The van der Waals surface area contributed by atoms with Gasteiger partial charge in [0.25, 0.3) is 6.43 Å². The first kappa shape index (κ1) is 8.55. The molecule has 0 bridgehead atoms. The largest absolute Gasteiger partial charge is 0.322 e. The summed E-state index contributed by atoms with van der Waals surface area (Å²) in [4.78, 5) is 3.65. The van der Waals surface area contributed by atoms with Crippen molar-refractivity contribution in [3.8, 4) is 0 Å². The molecule has 0 aliphatic heterocycles. The van der Waals surface area contributed by atoms with Crippen LogP contribution in [-0.4, -0.2) is 4.98 Å². The standard InChI is InChI=1S/C6H8F2N2S/c1-3(9)6-10-4(2-11-6)5(7)8/h2-3,5H,9H2,1H3. The van der Waals surface area contributed by atoms with Crippen LogP contribution in [0.1, 0.15) is 30.1 Å². The van der Waals surface area contributed by atoms with Crippen LogP contribution in [0.15, 0.2) is 5.38 Å². The number of halogens is 2. The van der Waals surface area contributed by atoms with E-state index in [1.807, 2.05) is 0 Å². The molecule has 5 heteroatoms. The summed E-state index contributed by atoms with van der Waals surface area (Å²) in [6.45, 7) is 1.72. The van der Waals surface area contributed by atoms with E-state index in [1.165, 1.54) is 16.7 Å². The maximum atomic E-state index is 11.9. The lowest BCUT2D eigenvalue weighted by molar-refractivity contribution is 0.146. The van der Waals surface area contributed by atoms with Crippen molar-refractivity contribution in [1.29, 1.82) is 0 Å². The van der Waals surface area contributed by atoms with Gasteiger partial charge in [0, 0.05) is 5.38 Å². The highest BCUT2D eigenvalue weighted by molar-refractivity contribution is 7.09. The highest BCUT2D eigenvalue weighted by atomic mass is 32.1. The first-order chi connectivity index (χ1) is 5.11. The smallest absolute Gasteiger partial charge is 0.281 e. The lowest BCUT2D eigenvalue weighted by atomic mass is 10.4. The van der Waals surface area contributed by atoms with Crippen molar-refractivity contribution < 1.29 is 8.78 Å².